The van der Waals surface area contributed by atoms with Gasteiger partial charge in [0.15, 0.2) is 0 Å². The van der Waals surface area contributed by atoms with E-state index in [1.54, 1.807) is 11.8 Å². The molecule has 2 N–H and O–H groups in total. The Bertz CT molecular complexity index is 403. The highest BCUT2D eigenvalue weighted by molar-refractivity contribution is 8.00. The molecule has 18 heavy (non-hydrogen) atoms. The quantitative estimate of drug-likeness (QED) is 0.848. The number of hydrogen-bond donors (Lipinski definition) is 1. The Morgan fingerprint density at radius 2 is 2.06 bits per heavy atom. The Morgan fingerprint density at radius 3 is 2.78 bits per heavy atom. The van der Waals surface area contributed by atoms with Gasteiger partial charge >= 0.3 is 0 Å². The van der Waals surface area contributed by atoms with E-state index < -0.39 is 0 Å². The third kappa shape index (κ3) is 3.75. The summed E-state index contributed by atoms with van der Waals surface area (Å²) in [6, 6.07) is 8.11. The molecule has 1 fully saturated rings. The van der Waals surface area contributed by atoms with Crippen molar-refractivity contribution in [3.05, 3.63) is 29.8 Å². The molecule has 1 heterocycles. The van der Waals surface area contributed by atoms with Gasteiger partial charge in [0.05, 0.1) is 5.75 Å². The Kier molecular flexibility index (Phi) is 5.08. The topological polar surface area (TPSA) is 46.3 Å². The molecule has 2 rings (SSSR count). The van der Waals surface area contributed by atoms with Gasteiger partial charge in [-0.1, -0.05) is 12.1 Å². The minimum Gasteiger partial charge on any atom is -0.342 e. The van der Waals surface area contributed by atoms with Gasteiger partial charge in [0.25, 0.3) is 0 Å². The van der Waals surface area contributed by atoms with Crippen LogP contribution in [0.15, 0.2) is 29.2 Å². The normalized spacial score (nSPS) is 15.7. The van der Waals surface area contributed by atoms with Gasteiger partial charge in [0.1, 0.15) is 0 Å². The van der Waals surface area contributed by atoms with E-state index in [0.29, 0.717) is 12.3 Å². The number of amides is 1. The molecule has 0 aliphatic carbocycles. The van der Waals surface area contributed by atoms with Crippen molar-refractivity contribution in [2.75, 3.05) is 18.8 Å². The van der Waals surface area contributed by atoms with E-state index in [9.17, 15) is 4.79 Å². The predicted molar refractivity (Wildman–Crippen MR) is 75.5 cm³/mol. The van der Waals surface area contributed by atoms with Crippen LogP contribution in [0.1, 0.15) is 24.8 Å². The molecule has 0 spiro atoms. The van der Waals surface area contributed by atoms with Crippen LogP contribution in [0.3, 0.4) is 0 Å². The van der Waals surface area contributed by atoms with Gasteiger partial charge in [-0.25, -0.2) is 0 Å². The average molecular weight is 264 g/mol. The number of nitrogens with zero attached hydrogens (tertiary/aromatic N) is 1. The van der Waals surface area contributed by atoms with E-state index in [-0.39, 0.29) is 5.91 Å². The van der Waals surface area contributed by atoms with Gasteiger partial charge in [-0.3, -0.25) is 4.79 Å². The zero-order chi connectivity index (χ0) is 12.8. The predicted octanol–water partition coefficient (Wildman–Crippen LogP) is 2.25. The SMILES string of the molecule is NCc1cccc(SCC(=O)N2CCCCC2)c1. The number of benzene rings is 1. The van der Waals surface area contributed by atoms with Crippen molar-refractivity contribution in [1.29, 1.82) is 0 Å². The van der Waals surface area contributed by atoms with E-state index in [1.165, 1.54) is 6.42 Å². The summed E-state index contributed by atoms with van der Waals surface area (Å²) in [6.45, 7) is 2.42. The van der Waals surface area contributed by atoms with Gasteiger partial charge in [0.2, 0.25) is 5.91 Å². The molecule has 4 heteroatoms. The maximum atomic E-state index is 12.0. The second kappa shape index (κ2) is 6.81. The summed E-state index contributed by atoms with van der Waals surface area (Å²) in [6.07, 6.45) is 3.56. The first-order valence-electron chi connectivity index (χ1n) is 6.49. The summed E-state index contributed by atoms with van der Waals surface area (Å²) in [7, 11) is 0. The number of nitrogens with two attached hydrogens (primary N) is 1. The smallest absolute Gasteiger partial charge is 0.232 e. The molecular weight excluding hydrogens is 244 g/mol. The highest BCUT2D eigenvalue weighted by atomic mass is 32.2. The highest BCUT2D eigenvalue weighted by Crippen LogP contribution is 2.20. The molecule has 1 aliphatic heterocycles. The number of carbonyl (C=O) groups is 1. The third-order valence-corrected chi connectivity index (χ3v) is 4.18. The number of rotatable bonds is 4. The summed E-state index contributed by atoms with van der Waals surface area (Å²) in [5.74, 6) is 0.798. The molecule has 98 valence electrons. The van der Waals surface area contributed by atoms with Gasteiger partial charge in [-0.2, -0.15) is 0 Å². The first-order valence-corrected chi connectivity index (χ1v) is 7.48. The van der Waals surface area contributed by atoms with Crippen LogP contribution >= 0.6 is 11.8 Å². The lowest BCUT2D eigenvalue weighted by atomic mass is 10.1. The van der Waals surface area contributed by atoms with E-state index >= 15 is 0 Å². The molecule has 1 amide bonds. The van der Waals surface area contributed by atoms with Crippen molar-refractivity contribution < 1.29 is 4.79 Å². The van der Waals surface area contributed by atoms with Crippen LogP contribution in [0.2, 0.25) is 0 Å². The van der Waals surface area contributed by atoms with Gasteiger partial charge in [-0.15, -0.1) is 11.8 Å². The fourth-order valence-corrected chi connectivity index (χ4v) is 3.02. The lowest BCUT2D eigenvalue weighted by Crippen LogP contribution is -2.36. The van der Waals surface area contributed by atoms with Crippen LogP contribution in [-0.2, 0) is 11.3 Å². The number of thioether (sulfide) groups is 1. The molecule has 0 saturated carbocycles. The van der Waals surface area contributed by atoms with E-state index in [4.69, 9.17) is 5.73 Å². The van der Waals surface area contributed by atoms with Crippen LogP contribution in [0.5, 0.6) is 0 Å². The number of piperidine rings is 1. The lowest BCUT2D eigenvalue weighted by molar-refractivity contribution is -0.129. The largest absolute Gasteiger partial charge is 0.342 e. The Balaban J connectivity index is 1.84. The van der Waals surface area contributed by atoms with Crippen molar-refractivity contribution in [3.63, 3.8) is 0 Å². The maximum Gasteiger partial charge on any atom is 0.232 e. The molecule has 3 nitrogen and oxygen atoms in total. The molecule has 0 atom stereocenters. The molecule has 1 saturated heterocycles. The molecular formula is C14H20N2OS. The van der Waals surface area contributed by atoms with Crippen LogP contribution in [0, 0.1) is 0 Å². The molecule has 1 aliphatic rings. The number of likely N-dealkylation sites (tertiary alicyclic amines) is 1. The zero-order valence-corrected chi connectivity index (χ0v) is 11.4. The molecule has 0 bridgehead atoms. The van der Waals surface area contributed by atoms with Crippen LogP contribution < -0.4 is 5.73 Å². The van der Waals surface area contributed by atoms with Crippen molar-refractivity contribution in [2.24, 2.45) is 5.73 Å². The van der Waals surface area contributed by atoms with E-state index in [1.807, 2.05) is 23.1 Å². The number of hydrogen-bond acceptors (Lipinski definition) is 3. The standard InChI is InChI=1S/C14H20N2OS/c15-10-12-5-4-6-13(9-12)18-11-14(17)16-7-2-1-3-8-16/h4-6,9H,1-3,7-8,10-11,15H2. The van der Waals surface area contributed by atoms with Crippen LogP contribution in [0.4, 0.5) is 0 Å². The van der Waals surface area contributed by atoms with E-state index in [2.05, 4.69) is 6.07 Å². The first kappa shape index (κ1) is 13.4. The summed E-state index contributed by atoms with van der Waals surface area (Å²) < 4.78 is 0. The van der Waals surface area contributed by atoms with Crippen LogP contribution in [0.25, 0.3) is 0 Å². The van der Waals surface area contributed by atoms with Gasteiger partial charge in [0, 0.05) is 24.5 Å². The Morgan fingerprint density at radius 1 is 1.28 bits per heavy atom. The molecule has 0 aromatic heterocycles. The summed E-state index contributed by atoms with van der Waals surface area (Å²) >= 11 is 1.60. The van der Waals surface area contributed by atoms with Crippen molar-refractivity contribution in [1.82, 2.24) is 4.90 Å². The molecule has 0 radical (unpaired) electrons. The minimum atomic E-state index is 0.262. The second-order valence-corrected chi connectivity index (χ2v) is 5.63. The van der Waals surface area contributed by atoms with Gasteiger partial charge in [-0.05, 0) is 37.0 Å². The van der Waals surface area contributed by atoms with Gasteiger partial charge < -0.3 is 10.6 Å². The van der Waals surface area contributed by atoms with Crippen LogP contribution in [-0.4, -0.2) is 29.6 Å². The fourth-order valence-electron chi connectivity index (χ4n) is 2.14. The monoisotopic (exact) mass is 264 g/mol. The lowest BCUT2D eigenvalue weighted by Gasteiger charge is -2.26. The second-order valence-electron chi connectivity index (χ2n) is 4.58. The summed E-state index contributed by atoms with van der Waals surface area (Å²) in [5.41, 5.74) is 6.72. The Hall–Kier alpha value is -1.00. The zero-order valence-electron chi connectivity index (χ0n) is 10.6. The fraction of sp³-hybridized carbons (Fsp3) is 0.500. The average Bonchev–Trinajstić information content (AvgIpc) is 2.46. The molecule has 1 aromatic carbocycles. The van der Waals surface area contributed by atoms with Crippen molar-refractivity contribution >= 4 is 17.7 Å². The maximum absolute atomic E-state index is 12.0. The highest BCUT2D eigenvalue weighted by Gasteiger charge is 2.16. The summed E-state index contributed by atoms with van der Waals surface area (Å²) in [5, 5.41) is 0. The van der Waals surface area contributed by atoms with Crippen molar-refractivity contribution in [3.8, 4) is 0 Å². The molecule has 1 aromatic rings. The minimum absolute atomic E-state index is 0.262. The number of carbonyl (C=O) groups excluding carboxylic acids is 1. The Labute approximate surface area is 113 Å². The third-order valence-electron chi connectivity index (χ3n) is 3.21. The molecule has 0 unspecified atom stereocenters. The van der Waals surface area contributed by atoms with E-state index in [0.717, 1.165) is 36.4 Å². The first-order chi connectivity index (χ1) is 8.79. The summed E-state index contributed by atoms with van der Waals surface area (Å²) in [4.78, 5) is 15.1. The van der Waals surface area contributed by atoms with Crippen molar-refractivity contribution in [2.45, 2.75) is 30.7 Å².